The first-order valence-electron chi connectivity index (χ1n) is 9.82. The summed E-state index contributed by atoms with van der Waals surface area (Å²) in [6.45, 7) is 1.44. The van der Waals surface area contributed by atoms with Crippen LogP contribution in [0, 0.1) is 0 Å². The molecule has 3 heterocycles. The molecule has 5 rings (SSSR count). The van der Waals surface area contributed by atoms with Crippen molar-refractivity contribution in [3.63, 3.8) is 0 Å². The summed E-state index contributed by atoms with van der Waals surface area (Å²) >= 11 is 0. The van der Waals surface area contributed by atoms with Crippen LogP contribution in [0.5, 0.6) is 0 Å². The Morgan fingerprint density at radius 1 is 1.07 bits per heavy atom. The lowest BCUT2D eigenvalue weighted by atomic mass is 9.81. The van der Waals surface area contributed by atoms with Gasteiger partial charge in [-0.25, -0.2) is 9.78 Å². The van der Waals surface area contributed by atoms with Gasteiger partial charge in [-0.1, -0.05) is 18.2 Å². The van der Waals surface area contributed by atoms with E-state index >= 15 is 0 Å². The number of nitrogens with zero attached hydrogens (tertiary/aromatic N) is 2. The first-order valence-corrected chi connectivity index (χ1v) is 9.82. The second-order valence-corrected chi connectivity index (χ2v) is 7.92. The van der Waals surface area contributed by atoms with Crippen LogP contribution in [0.2, 0.25) is 0 Å². The Labute approximate surface area is 157 Å². The van der Waals surface area contributed by atoms with Gasteiger partial charge in [0.2, 0.25) is 5.95 Å². The van der Waals surface area contributed by atoms with E-state index in [0.717, 1.165) is 74.9 Å². The van der Waals surface area contributed by atoms with Gasteiger partial charge in [-0.3, -0.25) is 9.78 Å². The molecule has 6 nitrogen and oxygen atoms in total. The van der Waals surface area contributed by atoms with Crippen LogP contribution in [0.3, 0.4) is 0 Å². The molecule has 1 aromatic heterocycles. The van der Waals surface area contributed by atoms with E-state index in [1.54, 1.807) is 0 Å². The topological polar surface area (TPSA) is 75.3 Å². The molecule has 3 aliphatic rings. The zero-order valence-electron chi connectivity index (χ0n) is 15.3. The fourth-order valence-corrected chi connectivity index (χ4v) is 4.65. The van der Waals surface area contributed by atoms with E-state index in [1.807, 2.05) is 24.3 Å². The second kappa shape index (κ2) is 6.22. The molecule has 1 spiro atoms. The van der Waals surface area contributed by atoms with Crippen molar-refractivity contribution in [1.82, 2.24) is 9.97 Å². The Balaban J connectivity index is 1.36. The Morgan fingerprint density at radius 3 is 2.70 bits per heavy atom. The van der Waals surface area contributed by atoms with Crippen LogP contribution in [0.15, 0.2) is 29.1 Å². The van der Waals surface area contributed by atoms with Crippen LogP contribution in [0.25, 0.3) is 0 Å². The van der Waals surface area contributed by atoms with Crippen LogP contribution in [-0.2, 0) is 24.0 Å². The van der Waals surface area contributed by atoms with E-state index in [-0.39, 0.29) is 11.5 Å². The van der Waals surface area contributed by atoms with Crippen molar-refractivity contribution in [2.24, 2.45) is 0 Å². The molecule has 1 aliphatic carbocycles. The number of anilines is 1. The molecule has 1 aromatic carbocycles. The number of fused-ring (bicyclic) bond motifs is 2. The largest absolute Gasteiger partial charge is 0.455 e. The lowest BCUT2D eigenvalue weighted by Gasteiger charge is -2.43. The van der Waals surface area contributed by atoms with Gasteiger partial charge >= 0.3 is 5.97 Å². The van der Waals surface area contributed by atoms with Crippen LogP contribution >= 0.6 is 0 Å². The highest BCUT2D eigenvalue weighted by Crippen LogP contribution is 2.36. The van der Waals surface area contributed by atoms with Gasteiger partial charge in [-0.2, -0.15) is 0 Å². The minimum absolute atomic E-state index is 0.00742. The highest BCUT2D eigenvalue weighted by atomic mass is 16.6. The Hall–Kier alpha value is -2.63. The lowest BCUT2D eigenvalue weighted by molar-refractivity contribution is -0.0370. The lowest BCUT2D eigenvalue weighted by Crippen LogP contribution is -2.51. The summed E-state index contributed by atoms with van der Waals surface area (Å²) in [5, 5.41) is 0. The first kappa shape index (κ1) is 16.5. The molecule has 140 valence electrons. The Bertz CT molecular complexity index is 957. The third-order valence-corrected chi connectivity index (χ3v) is 6.21. The summed E-state index contributed by atoms with van der Waals surface area (Å²) in [5.74, 6) is 0.448. The number of rotatable bonds is 1. The van der Waals surface area contributed by atoms with Gasteiger partial charge in [0.1, 0.15) is 5.60 Å². The molecule has 0 unspecified atom stereocenters. The number of aryl methyl sites for hydroxylation is 1. The third-order valence-electron chi connectivity index (χ3n) is 6.21. The number of carbonyl (C=O) groups is 1. The number of hydrogen-bond acceptors (Lipinski definition) is 5. The van der Waals surface area contributed by atoms with Gasteiger partial charge in [-0.15, -0.1) is 0 Å². The SMILES string of the molecule is O=C1OC2(CCN(c3nc4c(c(=O)[nH]3)CCCC4)CC2)Cc2ccccc21. The molecule has 2 aromatic rings. The average Bonchev–Trinajstić information content (AvgIpc) is 2.68. The zero-order valence-corrected chi connectivity index (χ0v) is 15.3. The minimum atomic E-state index is -0.434. The van der Waals surface area contributed by atoms with Crippen molar-refractivity contribution in [2.75, 3.05) is 18.0 Å². The molecule has 0 amide bonds. The molecule has 0 bridgehead atoms. The van der Waals surface area contributed by atoms with Crippen LogP contribution < -0.4 is 10.5 Å². The summed E-state index contributed by atoms with van der Waals surface area (Å²) in [7, 11) is 0. The minimum Gasteiger partial charge on any atom is -0.455 e. The quantitative estimate of drug-likeness (QED) is 0.786. The fourth-order valence-electron chi connectivity index (χ4n) is 4.65. The number of benzene rings is 1. The fraction of sp³-hybridized carbons (Fsp3) is 0.476. The van der Waals surface area contributed by atoms with Gasteiger partial charge in [0.15, 0.2) is 0 Å². The van der Waals surface area contributed by atoms with Gasteiger partial charge in [0, 0.05) is 37.9 Å². The molecular formula is C21H23N3O3. The third kappa shape index (κ3) is 2.83. The zero-order chi connectivity index (χ0) is 18.4. The van der Waals surface area contributed by atoms with E-state index in [0.29, 0.717) is 11.5 Å². The van der Waals surface area contributed by atoms with Gasteiger partial charge in [0.25, 0.3) is 5.56 Å². The van der Waals surface area contributed by atoms with Crippen molar-refractivity contribution in [1.29, 1.82) is 0 Å². The maximum absolute atomic E-state index is 12.4. The number of H-pyrrole nitrogens is 1. The Morgan fingerprint density at radius 2 is 1.85 bits per heavy atom. The van der Waals surface area contributed by atoms with Crippen LogP contribution in [0.1, 0.15) is 52.9 Å². The number of piperidine rings is 1. The van der Waals surface area contributed by atoms with Crippen molar-refractivity contribution in [2.45, 2.75) is 50.5 Å². The normalized spacial score (nSPS) is 20.7. The second-order valence-electron chi connectivity index (χ2n) is 7.92. The number of ether oxygens (including phenoxy) is 1. The van der Waals surface area contributed by atoms with Crippen molar-refractivity contribution >= 4 is 11.9 Å². The van der Waals surface area contributed by atoms with E-state index < -0.39 is 5.60 Å². The standard InChI is InChI=1S/C21H23N3O3/c25-18-16-7-3-4-8-17(16)22-20(23-18)24-11-9-21(10-12-24)13-14-5-1-2-6-15(14)19(26)27-21/h1-2,5-6H,3-4,7-13H2,(H,22,23,25). The van der Waals surface area contributed by atoms with Gasteiger partial charge in [0.05, 0.1) is 11.3 Å². The summed E-state index contributed by atoms with van der Waals surface area (Å²) in [5.41, 5.74) is 3.15. The molecule has 6 heteroatoms. The Kier molecular flexibility index (Phi) is 3.81. The number of aromatic amines is 1. The van der Waals surface area contributed by atoms with Crippen molar-refractivity contribution in [3.05, 3.63) is 57.0 Å². The predicted octanol–water partition coefficient (Wildman–Crippen LogP) is 2.40. The van der Waals surface area contributed by atoms with E-state index in [4.69, 9.17) is 9.72 Å². The van der Waals surface area contributed by atoms with Gasteiger partial charge in [-0.05, 0) is 37.3 Å². The molecule has 1 saturated heterocycles. The molecule has 0 atom stereocenters. The van der Waals surface area contributed by atoms with E-state index in [1.165, 1.54) is 0 Å². The van der Waals surface area contributed by atoms with E-state index in [2.05, 4.69) is 9.88 Å². The average molecular weight is 365 g/mol. The highest BCUT2D eigenvalue weighted by molar-refractivity contribution is 5.92. The van der Waals surface area contributed by atoms with Crippen molar-refractivity contribution in [3.8, 4) is 0 Å². The summed E-state index contributed by atoms with van der Waals surface area (Å²) in [4.78, 5) is 34.7. The predicted molar refractivity (Wildman–Crippen MR) is 101 cm³/mol. The number of aromatic nitrogens is 2. The molecule has 0 radical (unpaired) electrons. The van der Waals surface area contributed by atoms with Crippen LogP contribution in [0.4, 0.5) is 5.95 Å². The maximum Gasteiger partial charge on any atom is 0.338 e. The molecular weight excluding hydrogens is 342 g/mol. The number of nitrogens with one attached hydrogen (secondary N) is 1. The molecule has 1 fully saturated rings. The molecule has 2 aliphatic heterocycles. The summed E-state index contributed by atoms with van der Waals surface area (Å²) in [6.07, 6.45) is 6.13. The first-order chi connectivity index (χ1) is 13.1. The van der Waals surface area contributed by atoms with E-state index in [9.17, 15) is 9.59 Å². The monoisotopic (exact) mass is 365 g/mol. The summed E-state index contributed by atoms with van der Waals surface area (Å²) in [6, 6.07) is 7.70. The smallest absolute Gasteiger partial charge is 0.338 e. The molecule has 0 saturated carbocycles. The molecule has 27 heavy (non-hydrogen) atoms. The van der Waals surface area contributed by atoms with Crippen molar-refractivity contribution < 1.29 is 9.53 Å². The summed E-state index contributed by atoms with van der Waals surface area (Å²) < 4.78 is 5.88. The highest BCUT2D eigenvalue weighted by Gasteiger charge is 2.43. The number of esters is 1. The molecule has 1 N–H and O–H groups in total. The number of carbonyl (C=O) groups excluding carboxylic acids is 1. The maximum atomic E-state index is 12.4. The van der Waals surface area contributed by atoms with Crippen LogP contribution in [-0.4, -0.2) is 34.6 Å². The number of hydrogen-bond donors (Lipinski definition) is 1. The van der Waals surface area contributed by atoms with Gasteiger partial charge < -0.3 is 9.64 Å².